The van der Waals surface area contributed by atoms with Gasteiger partial charge in [-0.05, 0) is 31.9 Å². The van der Waals surface area contributed by atoms with Gasteiger partial charge in [-0.1, -0.05) is 11.6 Å². The second kappa shape index (κ2) is 5.48. The Bertz CT molecular complexity index is 615. The molecule has 0 aromatic heterocycles. The zero-order valence-electron chi connectivity index (χ0n) is 10.9. The van der Waals surface area contributed by atoms with E-state index in [2.05, 4.69) is 4.72 Å². The third kappa shape index (κ3) is 3.22. The van der Waals surface area contributed by atoms with Gasteiger partial charge in [0, 0.05) is 18.8 Å². The van der Waals surface area contributed by atoms with E-state index in [4.69, 9.17) is 22.1 Å². The van der Waals surface area contributed by atoms with E-state index < -0.39 is 26.3 Å². The summed E-state index contributed by atoms with van der Waals surface area (Å²) in [5.41, 5.74) is 5.02. The maximum absolute atomic E-state index is 13.8. The third-order valence-corrected chi connectivity index (χ3v) is 4.92. The molecule has 0 saturated carbocycles. The van der Waals surface area contributed by atoms with E-state index in [1.54, 1.807) is 0 Å². The Morgan fingerprint density at radius 3 is 2.85 bits per heavy atom. The Morgan fingerprint density at radius 2 is 2.25 bits per heavy atom. The summed E-state index contributed by atoms with van der Waals surface area (Å²) >= 11 is 5.61. The largest absolute Gasteiger partial charge is 0.399 e. The van der Waals surface area contributed by atoms with Gasteiger partial charge in [-0.3, -0.25) is 0 Å². The first-order chi connectivity index (χ1) is 9.23. The van der Waals surface area contributed by atoms with Gasteiger partial charge < -0.3 is 10.5 Å². The number of halogens is 2. The Kier molecular flexibility index (Phi) is 4.24. The summed E-state index contributed by atoms with van der Waals surface area (Å²) in [5.74, 6) is -1.01. The fourth-order valence-electron chi connectivity index (χ4n) is 2.08. The molecule has 0 spiro atoms. The Labute approximate surface area is 122 Å². The second-order valence-electron chi connectivity index (χ2n) is 5.04. The van der Waals surface area contributed by atoms with Crippen molar-refractivity contribution in [2.75, 3.05) is 18.9 Å². The zero-order valence-corrected chi connectivity index (χ0v) is 12.5. The normalized spacial score (nSPS) is 23.1. The third-order valence-electron chi connectivity index (χ3n) is 3.24. The average molecular weight is 323 g/mol. The maximum Gasteiger partial charge on any atom is 0.243 e. The van der Waals surface area contributed by atoms with Crippen molar-refractivity contribution in [1.29, 1.82) is 0 Å². The molecule has 20 heavy (non-hydrogen) atoms. The van der Waals surface area contributed by atoms with Crippen molar-refractivity contribution < 1.29 is 17.5 Å². The molecule has 1 fully saturated rings. The SMILES string of the molecule is CC1(CNS(=O)(=O)c2cc(N)cc(Cl)c2F)CCCO1. The molecule has 1 aromatic rings. The van der Waals surface area contributed by atoms with Crippen LogP contribution < -0.4 is 10.5 Å². The molecule has 1 atom stereocenters. The van der Waals surface area contributed by atoms with E-state index in [9.17, 15) is 12.8 Å². The van der Waals surface area contributed by atoms with Crippen LogP contribution in [0.1, 0.15) is 19.8 Å². The fourth-order valence-corrected chi connectivity index (χ4v) is 3.65. The van der Waals surface area contributed by atoms with Gasteiger partial charge in [0.25, 0.3) is 0 Å². The number of rotatable bonds is 4. The molecule has 1 aliphatic heterocycles. The lowest BCUT2D eigenvalue weighted by Crippen LogP contribution is -2.40. The predicted molar refractivity (Wildman–Crippen MR) is 74.6 cm³/mol. The van der Waals surface area contributed by atoms with E-state index >= 15 is 0 Å². The van der Waals surface area contributed by atoms with Crippen molar-refractivity contribution in [2.45, 2.75) is 30.3 Å². The Balaban J connectivity index is 2.22. The van der Waals surface area contributed by atoms with Crippen LogP contribution in [0.25, 0.3) is 0 Å². The Morgan fingerprint density at radius 1 is 1.55 bits per heavy atom. The van der Waals surface area contributed by atoms with Crippen LogP contribution >= 0.6 is 11.6 Å². The molecule has 2 rings (SSSR count). The molecule has 112 valence electrons. The second-order valence-corrected chi connectivity index (χ2v) is 7.18. The standard InChI is InChI=1S/C12H16ClFN2O3S/c1-12(3-2-4-19-12)7-16-20(17,18)10-6-8(15)5-9(13)11(10)14/h5-6,16H,2-4,7,15H2,1H3. The average Bonchev–Trinajstić information content (AvgIpc) is 2.79. The molecule has 0 radical (unpaired) electrons. The molecule has 0 aliphatic carbocycles. The molecule has 1 aliphatic rings. The smallest absolute Gasteiger partial charge is 0.243 e. The highest BCUT2D eigenvalue weighted by Gasteiger charge is 2.32. The zero-order chi connectivity index (χ0) is 15.0. The van der Waals surface area contributed by atoms with E-state index in [-0.39, 0.29) is 17.3 Å². The lowest BCUT2D eigenvalue weighted by molar-refractivity contribution is 0.0250. The van der Waals surface area contributed by atoms with Crippen molar-refractivity contribution in [3.05, 3.63) is 23.0 Å². The molecule has 0 bridgehead atoms. The van der Waals surface area contributed by atoms with Gasteiger partial charge in [0.2, 0.25) is 10.0 Å². The van der Waals surface area contributed by atoms with Crippen molar-refractivity contribution >= 4 is 27.3 Å². The van der Waals surface area contributed by atoms with Gasteiger partial charge in [0.1, 0.15) is 4.90 Å². The topological polar surface area (TPSA) is 81.4 Å². The number of nitrogen functional groups attached to an aromatic ring is 1. The summed E-state index contributed by atoms with van der Waals surface area (Å²) in [6, 6.07) is 2.21. The molecule has 8 heteroatoms. The number of benzene rings is 1. The maximum atomic E-state index is 13.8. The quantitative estimate of drug-likeness (QED) is 0.830. The molecule has 1 unspecified atom stereocenters. The van der Waals surface area contributed by atoms with Gasteiger partial charge in [-0.25, -0.2) is 17.5 Å². The first kappa shape index (κ1) is 15.5. The Hall–Kier alpha value is -0.890. The summed E-state index contributed by atoms with van der Waals surface area (Å²) < 4.78 is 45.9. The summed E-state index contributed by atoms with van der Waals surface area (Å²) in [7, 11) is -4.03. The van der Waals surface area contributed by atoms with Gasteiger partial charge in [-0.2, -0.15) is 0 Å². The number of nitrogens with one attached hydrogen (secondary N) is 1. The molecule has 0 amide bonds. The van der Waals surface area contributed by atoms with Gasteiger partial charge in [0.15, 0.2) is 5.82 Å². The van der Waals surface area contributed by atoms with Crippen LogP contribution in [-0.4, -0.2) is 27.2 Å². The highest BCUT2D eigenvalue weighted by atomic mass is 35.5. The van der Waals surface area contributed by atoms with Crippen molar-refractivity contribution in [3.63, 3.8) is 0 Å². The van der Waals surface area contributed by atoms with Crippen LogP contribution in [0, 0.1) is 5.82 Å². The fraction of sp³-hybridized carbons (Fsp3) is 0.500. The molecule has 3 N–H and O–H groups in total. The molecule has 1 saturated heterocycles. The van der Waals surface area contributed by atoms with Gasteiger partial charge >= 0.3 is 0 Å². The lowest BCUT2D eigenvalue weighted by Gasteiger charge is -2.23. The van der Waals surface area contributed by atoms with Gasteiger partial charge in [-0.15, -0.1) is 0 Å². The molecule has 1 aromatic carbocycles. The highest BCUT2D eigenvalue weighted by Crippen LogP contribution is 2.27. The predicted octanol–water partition coefficient (Wildman–Crippen LogP) is 1.91. The van der Waals surface area contributed by atoms with Crippen LogP contribution in [0.4, 0.5) is 10.1 Å². The van der Waals surface area contributed by atoms with E-state index in [1.165, 1.54) is 0 Å². The summed E-state index contributed by atoms with van der Waals surface area (Å²) in [4.78, 5) is -0.552. The minimum Gasteiger partial charge on any atom is -0.399 e. The van der Waals surface area contributed by atoms with Crippen LogP contribution in [0.3, 0.4) is 0 Å². The van der Waals surface area contributed by atoms with Crippen molar-refractivity contribution in [1.82, 2.24) is 4.72 Å². The summed E-state index contributed by atoms with van der Waals surface area (Å²) in [6.07, 6.45) is 1.62. The number of anilines is 1. The van der Waals surface area contributed by atoms with Crippen molar-refractivity contribution in [2.24, 2.45) is 0 Å². The number of sulfonamides is 1. The first-order valence-electron chi connectivity index (χ1n) is 6.12. The summed E-state index contributed by atoms with van der Waals surface area (Å²) in [5, 5.41) is -0.325. The number of hydrogen-bond donors (Lipinski definition) is 2. The monoisotopic (exact) mass is 322 g/mol. The molecular weight excluding hydrogens is 307 g/mol. The van der Waals surface area contributed by atoms with Crippen LogP contribution in [-0.2, 0) is 14.8 Å². The molecule has 1 heterocycles. The summed E-state index contributed by atoms with van der Waals surface area (Å²) in [6.45, 7) is 2.48. The van der Waals surface area contributed by atoms with Crippen molar-refractivity contribution in [3.8, 4) is 0 Å². The molecular formula is C12H16ClFN2O3S. The van der Waals surface area contributed by atoms with Crippen LogP contribution in [0.15, 0.2) is 17.0 Å². The molecule has 5 nitrogen and oxygen atoms in total. The van der Waals surface area contributed by atoms with E-state index in [1.807, 2.05) is 6.92 Å². The van der Waals surface area contributed by atoms with E-state index in [0.29, 0.717) is 6.61 Å². The minimum absolute atomic E-state index is 0.0706. The van der Waals surface area contributed by atoms with E-state index in [0.717, 1.165) is 25.0 Å². The number of hydrogen-bond acceptors (Lipinski definition) is 4. The van der Waals surface area contributed by atoms with Crippen LogP contribution in [0.2, 0.25) is 5.02 Å². The number of ether oxygens (including phenoxy) is 1. The van der Waals surface area contributed by atoms with Crippen LogP contribution in [0.5, 0.6) is 0 Å². The minimum atomic E-state index is -4.03. The lowest BCUT2D eigenvalue weighted by atomic mass is 10.0. The first-order valence-corrected chi connectivity index (χ1v) is 7.98. The highest BCUT2D eigenvalue weighted by molar-refractivity contribution is 7.89. The number of nitrogens with two attached hydrogens (primary N) is 1. The van der Waals surface area contributed by atoms with Gasteiger partial charge in [0.05, 0.1) is 10.6 Å².